The average molecular weight is 274 g/mol. The number of alkyl halides is 3. The van der Waals surface area contributed by atoms with E-state index in [4.69, 9.17) is 5.73 Å². The molecule has 0 aliphatic rings. The molecule has 3 N–H and O–H groups in total. The fraction of sp³-hybridized carbons (Fsp3) is 0.462. The molecule has 106 valence electrons. The molecule has 0 saturated carbocycles. The molecule has 0 spiro atoms. The Labute approximate surface area is 110 Å². The zero-order chi connectivity index (χ0) is 14.5. The summed E-state index contributed by atoms with van der Waals surface area (Å²) >= 11 is 0. The fourth-order valence-electron chi connectivity index (χ4n) is 1.62. The lowest BCUT2D eigenvalue weighted by molar-refractivity contribution is -0.138. The van der Waals surface area contributed by atoms with Crippen LogP contribution in [0.4, 0.5) is 13.2 Å². The predicted molar refractivity (Wildman–Crippen MR) is 66.1 cm³/mol. The van der Waals surface area contributed by atoms with Crippen molar-refractivity contribution in [1.82, 2.24) is 5.32 Å². The minimum Gasteiger partial charge on any atom is -0.352 e. The van der Waals surface area contributed by atoms with Crippen molar-refractivity contribution >= 4 is 5.91 Å². The van der Waals surface area contributed by atoms with E-state index in [1.165, 1.54) is 18.2 Å². The van der Waals surface area contributed by atoms with Gasteiger partial charge in [-0.2, -0.15) is 13.2 Å². The third kappa shape index (κ3) is 4.90. The zero-order valence-electron chi connectivity index (χ0n) is 10.6. The van der Waals surface area contributed by atoms with Gasteiger partial charge in [-0.3, -0.25) is 4.79 Å². The van der Waals surface area contributed by atoms with Crippen LogP contribution in [0.5, 0.6) is 0 Å². The van der Waals surface area contributed by atoms with Gasteiger partial charge in [0.1, 0.15) is 0 Å². The minimum atomic E-state index is -4.41. The van der Waals surface area contributed by atoms with Gasteiger partial charge in [0.15, 0.2) is 0 Å². The number of carbonyl (C=O) groups excluding carboxylic acids is 1. The summed E-state index contributed by atoms with van der Waals surface area (Å²) in [5, 5.41) is 2.48. The first-order valence-electron chi connectivity index (χ1n) is 5.96. The molecular weight excluding hydrogens is 257 g/mol. The third-order valence-electron chi connectivity index (χ3n) is 2.73. The molecule has 0 saturated heterocycles. The van der Waals surface area contributed by atoms with E-state index >= 15 is 0 Å². The molecule has 1 atom stereocenters. The van der Waals surface area contributed by atoms with Crippen LogP contribution < -0.4 is 11.1 Å². The monoisotopic (exact) mass is 274 g/mol. The van der Waals surface area contributed by atoms with Crippen molar-refractivity contribution < 1.29 is 18.0 Å². The Morgan fingerprint density at radius 2 is 2.00 bits per heavy atom. The van der Waals surface area contributed by atoms with Crippen molar-refractivity contribution in [2.75, 3.05) is 6.54 Å². The molecule has 1 unspecified atom stereocenters. The number of nitrogens with two attached hydrogens (primary N) is 1. The van der Waals surface area contributed by atoms with Crippen LogP contribution in [0.15, 0.2) is 24.3 Å². The van der Waals surface area contributed by atoms with Crippen LogP contribution in [0.25, 0.3) is 0 Å². The first kappa shape index (κ1) is 15.5. The second kappa shape index (κ2) is 6.56. The molecule has 0 aromatic heterocycles. The van der Waals surface area contributed by atoms with Gasteiger partial charge in [-0.05, 0) is 24.1 Å². The normalized spacial score (nSPS) is 13.1. The van der Waals surface area contributed by atoms with E-state index in [1.807, 2.05) is 6.92 Å². The predicted octanol–water partition coefficient (Wildman–Crippen LogP) is 2.31. The summed E-state index contributed by atoms with van der Waals surface area (Å²) < 4.78 is 38.1. The standard InChI is InChI=1S/C13H17F3N2O/c1-9(7-17)6-12(19)18-8-10-4-2-3-5-11(10)13(14,15)16/h2-5,9H,6-8,17H2,1H3,(H,18,19). The van der Waals surface area contributed by atoms with Crippen LogP contribution in [0.3, 0.4) is 0 Å². The van der Waals surface area contributed by atoms with Gasteiger partial charge in [0.05, 0.1) is 5.56 Å². The van der Waals surface area contributed by atoms with Gasteiger partial charge in [0, 0.05) is 13.0 Å². The SMILES string of the molecule is CC(CN)CC(=O)NCc1ccccc1C(F)(F)F. The number of halogens is 3. The summed E-state index contributed by atoms with van der Waals surface area (Å²) in [4.78, 5) is 11.5. The lowest BCUT2D eigenvalue weighted by Crippen LogP contribution is -2.27. The second-order valence-corrected chi connectivity index (χ2v) is 4.48. The van der Waals surface area contributed by atoms with Gasteiger partial charge >= 0.3 is 6.18 Å². The molecule has 0 heterocycles. The van der Waals surface area contributed by atoms with Crippen molar-refractivity contribution in [3.8, 4) is 0 Å². The van der Waals surface area contributed by atoms with E-state index in [2.05, 4.69) is 5.32 Å². The summed E-state index contributed by atoms with van der Waals surface area (Å²) in [5.74, 6) is -0.284. The summed E-state index contributed by atoms with van der Waals surface area (Å²) in [7, 11) is 0. The van der Waals surface area contributed by atoms with Gasteiger partial charge in [0.25, 0.3) is 0 Å². The maximum atomic E-state index is 12.7. The summed E-state index contributed by atoms with van der Waals surface area (Å²) in [5.41, 5.74) is 4.72. The highest BCUT2D eigenvalue weighted by atomic mass is 19.4. The highest BCUT2D eigenvalue weighted by Crippen LogP contribution is 2.31. The van der Waals surface area contributed by atoms with E-state index in [0.29, 0.717) is 6.54 Å². The molecule has 1 rings (SSSR count). The van der Waals surface area contributed by atoms with Gasteiger partial charge in [-0.15, -0.1) is 0 Å². The number of carbonyl (C=O) groups is 1. The molecule has 0 aliphatic heterocycles. The number of hydrogen-bond donors (Lipinski definition) is 2. The van der Waals surface area contributed by atoms with Crippen LogP contribution in [0.1, 0.15) is 24.5 Å². The van der Waals surface area contributed by atoms with Crippen LogP contribution in [-0.4, -0.2) is 12.5 Å². The fourth-order valence-corrected chi connectivity index (χ4v) is 1.62. The summed E-state index contributed by atoms with van der Waals surface area (Å²) in [6, 6.07) is 5.20. The second-order valence-electron chi connectivity index (χ2n) is 4.48. The van der Waals surface area contributed by atoms with Gasteiger partial charge in [-0.25, -0.2) is 0 Å². The van der Waals surface area contributed by atoms with Gasteiger partial charge in [0.2, 0.25) is 5.91 Å². The first-order chi connectivity index (χ1) is 8.84. The molecule has 1 aromatic rings. The van der Waals surface area contributed by atoms with Crippen molar-refractivity contribution in [1.29, 1.82) is 0 Å². The molecule has 0 aliphatic carbocycles. The van der Waals surface area contributed by atoms with Crippen molar-refractivity contribution in [3.05, 3.63) is 35.4 Å². The maximum absolute atomic E-state index is 12.7. The molecular formula is C13H17F3N2O. The molecule has 6 heteroatoms. The van der Waals surface area contributed by atoms with Gasteiger partial charge in [-0.1, -0.05) is 25.1 Å². The van der Waals surface area contributed by atoms with Crippen LogP contribution in [-0.2, 0) is 17.5 Å². The third-order valence-corrected chi connectivity index (χ3v) is 2.73. The highest BCUT2D eigenvalue weighted by Gasteiger charge is 2.32. The zero-order valence-corrected chi connectivity index (χ0v) is 10.6. The largest absolute Gasteiger partial charge is 0.416 e. The maximum Gasteiger partial charge on any atom is 0.416 e. The van der Waals surface area contributed by atoms with Crippen molar-refractivity contribution in [3.63, 3.8) is 0 Å². The minimum absolute atomic E-state index is 0.0119. The topological polar surface area (TPSA) is 55.1 Å². The number of nitrogens with one attached hydrogen (secondary N) is 1. The Morgan fingerprint density at radius 1 is 1.37 bits per heavy atom. The molecule has 3 nitrogen and oxygen atoms in total. The number of hydrogen-bond acceptors (Lipinski definition) is 2. The molecule has 0 bridgehead atoms. The van der Waals surface area contributed by atoms with Gasteiger partial charge < -0.3 is 11.1 Å². The molecule has 0 fully saturated rings. The van der Waals surface area contributed by atoms with E-state index in [9.17, 15) is 18.0 Å². The van der Waals surface area contributed by atoms with Crippen LogP contribution in [0.2, 0.25) is 0 Å². The Bertz CT molecular complexity index is 432. The van der Waals surface area contributed by atoms with E-state index < -0.39 is 11.7 Å². The highest BCUT2D eigenvalue weighted by molar-refractivity contribution is 5.76. The quantitative estimate of drug-likeness (QED) is 0.865. The lowest BCUT2D eigenvalue weighted by Gasteiger charge is -2.14. The summed E-state index contributed by atoms with van der Waals surface area (Å²) in [6.07, 6.45) is -4.20. The Morgan fingerprint density at radius 3 is 2.58 bits per heavy atom. The smallest absolute Gasteiger partial charge is 0.352 e. The lowest BCUT2D eigenvalue weighted by atomic mass is 10.1. The number of benzene rings is 1. The molecule has 19 heavy (non-hydrogen) atoms. The average Bonchev–Trinajstić information content (AvgIpc) is 2.35. The first-order valence-corrected chi connectivity index (χ1v) is 5.96. The Kier molecular flexibility index (Phi) is 5.35. The van der Waals surface area contributed by atoms with Crippen LogP contribution in [0, 0.1) is 5.92 Å². The Balaban J connectivity index is 2.66. The van der Waals surface area contributed by atoms with E-state index in [1.54, 1.807) is 0 Å². The van der Waals surface area contributed by atoms with Crippen molar-refractivity contribution in [2.45, 2.75) is 26.1 Å². The number of rotatable bonds is 5. The molecule has 1 amide bonds. The van der Waals surface area contributed by atoms with E-state index in [0.717, 1.165) is 6.07 Å². The molecule has 1 aromatic carbocycles. The van der Waals surface area contributed by atoms with Crippen LogP contribution >= 0.6 is 0 Å². The molecule has 0 radical (unpaired) electrons. The Hall–Kier alpha value is -1.56. The van der Waals surface area contributed by atoms with E-state index in [-0.39, 0.29) is 30.4 Å². The van der Waals surface area contributed by atoms with Crippen molar-refractivity contribution in [2.24, 2.45) is 11.7 Å². The summed E-state index contributed by atoms with van der Waals surface area (Å²) in [6.45, 7) is 2.04. The number of amides is 1.